The molecule has 0 bridgehead atoms. The van der Waals surface area contributed by atoms with Crippen LogP contribution in [0.25, 0.3) is 0 Å². The van der Waals surface area contributed by atoms with Crippen molar-refractivity contribution in [3.63, 3.8) is 0 Å². The Labute approximate surface area is 160 Å². The van der Waals surface area contributed by atoms with Crippen LogP contribution in [0.4, 0.5) is 0 Å². The lowest BCUT2D eigenvalue weighted by Gasteiger charge is -2.04. The normalized spacial score (nSPS) is 11.1. The Bertz CT molecular complexity index is 788. The molecular weight excluding hydrogens is 376 g/mol. The van der Waals surface area contributed by atoms with Gasteiger partial charge in [0.1, 0.15) is 6.33 Å². The Morgan fingerprint density at radius 2 is 2.12 bits per heavy atom. The Balaban J connectivity index is 1.53. The van der Waals surface area contributed by atoms with E-state index >= 15 is 0 Å². The number of thioether (sulfide) groups is 1. The molecule has 3 rings (SSSR count). The van der Waals surface area contributed by atoms with Gasteiger partial charge in [-0.25, -0.2) is 4.98 Å². The molecule has 0 aliphatic heterocycles. The van der Waals surface area contributed by atoms with Crippen LogP contribution in [-0.4, -0.2) is 33.5 Å². The maximum absolute atomic E-state index is 5.93. The van der Waals surface area contributed by atoms with Crippen molar-refractivity contribution in [2.45, 2.75) is 30.3 Å². The van der Waals surface area contributed by atoms with Crippen LogP contribution in [0.5, 0.6) is 0 Å². The minimum atomic E-state index is 0.739. The molecule has 0 spiro atoms. The molecule has 1 aromatic carbocycles. The Hall–Kier alpha value is -1.41. The average Bonchev–Trinajstić information content (AvgIpc) is 3.25. The first kappa shape index (κ1) is 18.4. The van der Waals surface area contributed by atoms with Crippen LogP contribution in [-0.2, 0) is 23.5 Å². The van der Waals surface area contributed by atoms with E-state index in [0.29, 0.717) is 0 Å². The van der Waals surface area contributed by atoms with Crippen molar-refractivity contribution in [2.75, 3.05) is 13.7 Å². The fraction of sp³-hybridized carbons (Fsp3) is 0.353. The summed E-state index contributed by atoms with van der Waals surface area (Å²) in [5.41, 5.74) is 2.29. The van der Waals surface area contributed by atoms with E-state index < -0.39 is 0 Å². The van der Waals surface area contributed by atoms with Crippen molar-refractivity contribution in [2.24, 2.45) is 0 Å². The van der Waals surface area contributed by atoms with Crippen LogP contribution >= 0.6 is 34.7 Å². The highest BCUT2D eigenvalue weighted by Crippen LogP contribution is 2.23. The van der Waals surface area contributed by atoms with Crippen molar-refractivity contribution in [3.05, 3.63) is 57.3 Å². The van der Waals surface area contributed by atoms with Crippen molar-refractivity contribution in [1.29, 1.82) is 0 Å². The summed E-state index contributed by atoms with van der Waals surface area (Å²) in [4.78, 5) is 4.72. The first-order valence-electron chi connectivity index (χ1n) is 7.92. The molecule has 2 aromatic heterocycles. The van der Waals surface area contributed by atoms with Gasteiger partial charge in [-0.05, 0) is 24.1 Å². The van der Waals surface area contributed by atoms with Gasteiger partial charge in [-0.1, -0.05) is 35.5 Å². The minimum absolute atomic E-state index is 0.739. The minimum Gasteiger partial charge on any atom is -0.385 e. The van der Waals surface area contributed by atoms with E-state index in [1.54, 1.807) is 36.5 Å². The lowest BCUT2D eigenvalue weighted by Crippen LogP contribution is -2.02. The predicted molar refractivity (Wildman–Crippen MR) is 102 cm³/mol. The fourth-order valence-electron chi connectivity index (χ4n) is 2.30. The Morgan fingerprint density at radius 1 is 1.28 bits per heavy atom. The van der Waals surface area contributed by atoms with E-state index in [4.69, 9.17) is 21.3 Å². The highest BCUT2D eigenvalue weighted by atomic mass is 35.5. The standard InChI is InChI=1S/C17H19ClN4OS2/c1-23-8-2-7-22-12-19-21-17(22)25-11-15-10-24-16(20-15)9-13-3-5-14(18)6-4-13/h3-6,10,12H,2,7-9,11H2,1H3. The monoisotopic (exact) mass is 394 g/mol. The largest absolute Gasteiger partial charge is 0.385 e. The summed E-state index contributed by atoms with van der Waals surface area (Å²) in [5, 5.41) is 13.1. The molecule has 2 heterocycles. The van der Waals surface area contributed by atoms with Gasteiger partial charge in [-0.3, -0.25) is 0 Å². The van der Waals surface area contributed by atoms with Gasteiger partial charge in [0, 0.05) is 42.8 Å². The molecule has 8 heteroatoms. The Morgan fingerprint density at radius 3 is 2.92 bits per heavy atom. The molecule has 0 N–H and O–H groups in total. The predicted octanol–water partition coefficient (Wildman–Crippen LogP) is 4.31. The van der Waals surface area contributed by atoms with Crippen molar-refractivity contribution in [1.82, 2.24) is 19.7 Å². The van der Waals surface area contributed by atoms with Gasteiger partial charge >= 0.3 is 0 Å². The second-order valence-electron chi connectivity index (χ2n) is 5.48. The summed E-state index contributed by atoms with van der Waals surface area (Å²) in [6.07, 6.45) is 3.55. The lowest BCUT2D eigenvalue weighted by atomic mass is 10.2. The molecule has 132 valence electrons. The maximum Gasteiger partial charge on any atom is 0.191 e. The van der Waals surface area contributed by atoms with Gasteiger partial charge in [0.05, 0.1) is 10.7 Å². The molecule has 0 fully saturated rings. The van der Waals surface area contributed by atoms with E-state index in [1.807, 2.05) is 24.3 Å². The lowest BCUT2D eigenvalue weighted by molar-refractivity contribution is 0.189. The smallest absolute Gasteiger partial charge is 0.191 e. The summed E-state index contributed by atoms with van der Waals surface area (Å²) in [5.74, 6) is 0.792. The van der Waals surface area contributed by atoms with Gasteiger partial charge < -0.3 is 9.30 Å². The molecule has 0 atom stereocenters. The summed E-state index contributed by atoms with van der Waals surface area (Å²) >= 11 is 9.28. The molecule has 0 unspecified atom stereocenters. The second-order valence-corrected chi connectivity index (χ2v) is 7.80. The summed E-state index contributed by atoms with van der Waals surface area (Å²) in [7, 11) is 1.71. The third kappa shape index (κ3) is 5.54. The highest BCUT2D eigenvalue weighted by molar-refractivity contribution is 7.98. The number of halogens is 1. The molecule has 0 aliphatic carbocycles. The number of rotatable bonds is 9. The first-order valence-corrected chi connectivity index (χ1v) is 10.2. The van der Waals surface area contributed by atoms with Crippen molar-refractivity contribution < 1.29 is 4.74 Å². The van der Waals surface area contributed by atoms with Crippen LogP contribution in [0, 0.1) is 0 Å². The zero-order chi connectivity index (χ0) is 17.5. The topological polar surface area (TPSA) is 52.8 Å². The quantitative estimate of drug-likeness (QED) is 0.400. The van der Waals surface area contributed by atoms with Crippen LogP contribution < -0.4 is 0 Å². The summed E-state index contributed by atoms with van der Waals surface area (Å²) in [6.45, 7) is 1.60. The number of aromatic nitrogens is 4. The zero-order valence-electron chi connectivity index (χ0n) is 13.9. The van der Waals surface area contributed by atoms with Crippen molar-refractivity contribution >= 4 is 34.7 Å². The molecule has 0 amide bonds. The molecule has 0 aliphatic rings. The molecular formula is C17H19ClN4OS2. The van der Waals surface area contributed by atoms with Gasteiger partial charge in [0.15, 0.2) is 5.16 Å². The van der Waals surface area contributed by atoms with Crippen LogP contribution in [0.2, 0.25) is 5.02 Å². The third-order valence-corrected chi connectivity index (χ3v) is 5.71. The molecule has 25 heavy (non-hydrogen) atoms. The van der Waals surface area contributed by atoms with Gasteiger partial charge in [-0.2, -0.15) is 0 Å². The Kier molecular flexibility index (Phi) is 6.86. The zero-order valence-corrected chi connectivity index (χ0v) is 16.3. The van der Waals surface area contributed by atoms with E-state index in [1.165, 1.54) is 5.56 Å². The van der Waals surface area contributed by atoms with Crippen LogP contribution in [0.1, 0.15) is 22.7 Å². The second kappa shape index (κ2) is 9.33. The highest BCUT2D eigenvalue weighted by Gasteiger charge is 2.08. The van der Waals surface area contributed by atoms with E-state index in [2.05, 4.69) is 20.1 Å². The van der Waals surface area contributed by atoms with E-state index in [9.17, 15) is 0 Å². The van der Waals surface area contributed by atoms with Crippen LogP contribution in [0.15, 0.2) is 41.1 Å². The number of hydrogen-bond donors (Lipinski definition) is 0. The number of nitrogens with zero attached hydrogens (tertiary/aromatic N) is 4. The number of ether oxygens (including phenoxy) is 1. The molecule has 0 saturated heterocycles. The first-order chi connectivity index (χ1) is 12.2. The maximum atomic E-state index is 5.93. The van der Waals surface area contributed by atoms with Gasteiger partial charge in [0.2, 0.25) is 0 Å². The van der Waals surface area contributed by atoms with Gasteiger partial charge in [-0.15, -0.1) is 21.5 Å². The third-order valence-electron chi connectivity index (χ3n) is 3.54. The number of benzene rings is 1. The van der Waals surface area contributed by atoms with Crippen LogP contribution in [0.3, 0.4) is 0 Å². The number of aryl methyl sites for hydroxylation is 1. The van der Waals surface area contributed by atoms with Gasteiger partial charge in [0.25, 0.3) is 0 Å². The van der Waals surface area contributed by atoms with E-state index in [-0.39, 0.29) is 0 Å². The summed E-state index contributed by atoms with van der Waals surface area (Å²) < 4.78 is 7.15. The number of thiazole rings is 1. The summed E-state index contributed by atoms with van der Waals surface area (Å²) in [6, 6.07) is 7.91. The SMILES string of the molecule is COCCCn1cnnc1SCc1csc(Cc2ccc(Cl)cc2)n1. The molecule has 0 radical (unpaired) electrons. The fourth-order valence-corrected chi connectivity index (χ4v) is 4.19. The molecule has 5 nitrogen and oxygen atoms in total. The molecule has 3 aromatic rings. The average molecular weight is 395 g/mol. The number of methoxy groups -OCH3 is 1. The number of hydrogen-bond acceptors (Lipinski definition) is 6. The van der Waals surface area contributed by atoms with Crippen molar-refractivity contribution in [3.8, 4) is 0 Å². The molecule has 0 saturated carbocycles. The van der Waals surface area contributed by atoms with E-state index in [0.717, 1.165) is 52.6 Å².